The zero-order chi connectivity index (χ0) is 26.6. The maximum atomic E-state index is 14.6. The van der Waals surface area contributed by atoms with Gasteiger partial charge in [-0.05, 0) is 32.1 Å². The van der Waals surface area contributed by atoms with Gasteiger partial charge < -0.3 is 9.80 Å². The van der Waals surface area contributed by atoms with Gasteiger partial charge in [-0.25, -0.2) is 4.79 Å². The summed E-state index contributed by atoms with van der Waals surface area (Å²) in [5.74, 6) is 0.343. The fraction of sp³-hybridized carbons (Fsp3) is 0.320. The standard InChI is InChI=1S/C25H22ClF3N4O2S2/c1-4-19(34)33-13(2)10-31(11-14(33)3)23-16-9-17(25(27,28)29)20(18-8-15(26)12-37-18)22-21(16)32(24(35)30-23)6-5-7-36-22/h4-6,8-9,12-14H,1,7,10-11H2,2-3H3. The zero-order valence-electron chi connectivity index (χ0n) is 19.9. The Hall–Kier alpha value is -2.76. The number of carbonyl (C=O) groups is 1. The number of rotatable bonds is 3. The van der Waals surface area contributed by atoms with Gasteiger partial charge in [0, 0.05) is 63.2 Å². The number of halogens is 4. The molecule has 4 heterocycles. The van der Waals surface area contributed by atoms with Crippen molar-refractivity contribution in [3.05, 3.63) is 57.3 Å². The summed E-state index contributed by atoms with van der Waals surface area (Å²) >= 11 is 8.46. The van der Waals surface area contributed by atoms with Gasteiger partial charge in [-0.1, -0.05) is 24.3 Å². The minimum absolute atomic E-state index is 0.0130. The number of amides is 1. The summed E-state index contributed by atoms with van der Waals surface area (Å²) < 4.78 is 45.0. The van der Waals surface area contributed by atoms with E-state index in [-0.39, 0.29) is 34.8 Å². The van der Waals surface area contributed by atoms with Gasteiger partial charge in [0.05, 0.1) is 16.1 Å². The fourth-order valence-corrected chi connectivity index (χ4v) is 7.37. The van der Waals surface area contributed by atoms with Crippen LogP contribution >= 0.6 is 34.7 Å². The van der Waals surface area contributed by atoms with Crippen molar-refractivity contribution in [2.45, 2.75) is 37.0 Å². The van der Waals surface area contributed by atoms with E-state index in [9.17, 15) is 22.8 Å². The normalized spacial score (nSPS) is 19.8. The fourth-order valence-electron chi connectivity index (χ4n) is 5.11. The Morgan fingerprint density at radius 3 is 2.54 bits per heavy atom. The van der Waals surface area contributed by atoms with E-state index >= 15 is 0 Å². The van der Waals surface area contributed by atoms with Gasteiger partial charge in [-0.15, -0.1) is 23.1 Å². The molecule has 12 heteroatoms. The van der Waals surface area contributed by atoms with Crippen LogP contribution in [0.4, 0.5) is 19.0 Å². The van der Waals surface area contributed by atoms with Gasteiger partial charge >= 0.3 is 11.9 Å². The molecule has 2 aliphatic heterocycles. The van der Waals surface area contributed by atoms with Crippen molar-refractivity contribution in [3.8, 4) is 10.4 Å². The van der Waals surface area contributed by atoms with Crippen molar-refractivity contribution in [3.63, 3.8) is 0 Å². The molecule has 2 unspecified atom stereocenters. The number of carbonyl (C=O) groups excluding carboxylic acids is 1. The summed E-state index contributed by atoms with van der Waals surface area (Å²) in [4.78, 5) is 34.1. The highest BCUT2D eigenvalue weighted by Gasteiger charge is 2.39. The molecule has 2 atom stereocenters. The Labute approximate surface area is 224 Å². The molecule has 0 radical (unpaired) electrons. The van der Waals surface area contributed by atoms with Crippen LogP contribution in [0.25, 0.3) is 27.5 Å². The molecule has 2 aromatic heterocycles. The van der Waals surface area contributed by atoms with Crippen LogP contribution in [-0.2, 0) is 11.0 Å². The summed E-state index contributed by atoms with van der Waals surface area (Å²) in [5.41, 5.74) is -0.995. The zero-order valence-corrected chi connectivity index (χ0v) is 22.3. The number of thioether (sulfide) groups is 1. The predicted octanol–water partition coefficient (Wildman–Crippen LogP) is 5.99. The van der Waals surface area contributed by atoms with Crippen LogP contribution in [0, 0.1) is 0 Å². The third-order valence-electron chi connectivity index (χ3n) is 6.49. The number of hydrogen-bond donors (Lipinski definition) is 0. The second kappa shape index (κ2) is 9.52. The molecular weight excluding hydrogens is 545 g/mol. The lowest BCUT2D eigenvalue weighted by atomic mass is 10.0. The largest absolute Gasteiger partial charge is 0.417 e. The number of alkyl halides is 3. The lowest BCUT2D eigenvalue weighted by Gasteiger charge is -2.44. The molecule has 5 rings (SSSR count). The van der Waals surface area contributed by atoms with E-state index in [1.807, 2.05) is 13.8 Å². The lowest BCUT2D eigenvalue weighted by Crippen LogP contribution is -2.58. The van der Waals surface area contributed by atoms with Crippen molar-refractivity contribution >= 4 is 63.5 Å². The Bertz CT molecular complexity index is 1500. The second-order valence-corrected chi connectivity index (χ2v) is 11.4. The molecule has 0 spiro atoms. The van der Waals surface area contributed by atoms with Crippen molar-refractivity contribution in [1.29, 1.82) is 0 Å². The SMILES string of the molecule is C=CC(=O)N1C(C)CN(c2nc(=O)n3c4c(c(-c5cc(Cl)cs5)c(C(F)(F)F)cc24)SCC=C3)CC1C. The van der Waals surface area contributed by atoms with Crippen LogP contribution in [0.1, 0.15) is 19.4 Å². The van der Waals surface area contributed by atoms with Crippen LogP contribution in [0.5, 0.6) is 0 Å². The van der Waals surface area contributed by atoms with Crippen LogP contribution in [0.3, 0.4) is 0 Å². The summed E-state index contributed by atoms with van der Waals surface area (Å²) in [7, 11) is 0. The number of thiophene rings is 1. The number of nitrogens with zero attached hydrogens (tertiary/aromatic N) is 4. The second-order valence-electron chi connectivity index (χ2n) is 8.99. The average molecular weight is 567 g/mol. The first-order valence-electron chi connectivity index (χ1n) is 11.4. The van der Waals surface area contributed by atoms with Gasteiger partial charge in [0.25, 0.3) is 0 Å². The van der Waals surface area contributed by atoms with Gasteiger partial charge in [-0.3, -0.25) is 9.36 Å². The number of piperazine rings is 1. The molecule has 3 aromatic rings. The topological polar surface area (TPSA) is 58.4 Å². The Morgan fingerprint density at radius 2 is 1.95 bits per heavy atom. The summed E-state index contributed by atoms with van der Waals surface area (Å²) in [6.45, 7) is 7.87. The Morgan fingerprint density at radius 1 is 1.24 bits per heavy atom. The molecule has 1 saturated heterocycles. The van der Waals surface area contributed by atoms with E-state index in [0.29, 0.717) is 39.2 Å². The molecule has 1 amide bonds. The van der Waals surface area contributed by atoms with Gasteiger partial charge in [0.1, 0.15) is 5.82 Å². The molecule has 1 aromatic carbocycles. The first kappa shape index (κ1) is 25.9. The number of aromatic nitrogens is 2. The van der Waals surface area contributed by atoms with E-state index in [0.717, 1.165) is 17.4 Å². The predicted molar refractivity (Wildman–Crippen MR) is 144 cm³/mol. The number of anilines is 1. The molecular formula is C25H22ClF3N4O2S2. The highest BCUT2D eigenvalue weighted by molar-refractivity contribution is 7.99. The molecule has 37 heavy (non-hydrogen) atoms. The molecule has 0 saturated carbocycles. The summed E-state index contributed by atoms with van der Waals surface area (Å²) in [6, 6.07) is 2.07. The van der Waals surface area contributed by atoms with E-state index in [2.05, 4.69) is 11.6 Å². The van der Waals surface area contributed by atoms with Crippen LogP contribution < -0.4 is 10.6 Å². The van der Waals surface area contributed by atoms with E-state index in [1.165, 1.54) is 28.5 Å². The van der Waals surface area contributed by atoms with Crippen LogP contribution in [-0.4, -0.2) is 51.3 Å². The molecule has 0 N–H and O–H groups in total. The highest BCUT2D eigenvalue weighted by atomic mass is 35.5. The molecule has 0 aliphatic carbocycles. The van der Waals surface area contributed by atoms with Crippen molar-refractivity contribution in [1.82, 2.24) is 14.5 Å². The van der Waals surface area contributed by atoms with Crippen molar-refractivity contribution in [2.24, 2.45) is 0 Å². The van der Waals surface area contributed by atoms with Gasteiger partial charge in [-0.2, -0.15) is 18.2 Å². The third-order valence-corrected chi connectivity index (χ3v) is 8.83. The van der Waals surface area contributed by atoms with Crippen molar-refractivity contribution in [2.75, 3.05) is 23.7 Å². The van der Waals surface area contributed by atoms with Crippen molar-refractivity contribution < 1.29 is 18.0 Å². The number of benzene rings is 1. The minimum Gasteiger partial charge on any atom is -0.352 e. The lowest BCUT2D eigenvalue weighted by molar-refractivity contribution is -0.137. The third kappa shape index (κ3) is 4.46. The minimum atomic E-state index is -4.66. The maximum absolute atomic E-state index is 14.6. The molecule has 194 valence electrons. The number of hydrogen-bond acceptors (Lipinski definition) is 6. The van der Waals surface area contributed by atoms with Gasteiger partial charge in [0.15, 0.2) is 0 Å². The van der Waals surface area contributed by atoms with E-state index in [4.69, 9.17) is 11.6 Å². The molecule has 0 bridgehead atoms. The maximum Gasteiger partial charge on any atom is 0.417 e. The highest BCUT2D eigenvalue weighted by Crippen LogP contribution is 2.49. The molecule has 2 aliphatic rings. The van der Waals surface area contributed by atoms with Crippen LogP contribution in [0.15, 0.2) is 45.9 Å². The van der Waals surface area contributed by atoms with Crippen LogP contribution in [0.2, 0.25) is 5.02 Å². The quantitative estimate of drug-likeness (QED) is 0.365. The summed E-state index contributed by atoms with van der Waals surface area (Å²) in [5, 5.41) is 2.17. The average Bonchev–Trinajstić information content (AvgIpc) is 3.13. The monoisotopic (exact) mass is 566 g/mol. The smallest absolute Gasteiger partial charge is 0.352 e. The summed E-state index contributed by atoms with van der Waals surface area (Å²) in [6.07, 6.45) is -0.119. The first-order valence-corrected chi connectivity index (χ1v) is 13.7. The molecule has 6 nitrogen and oxygen atoms in total. The van der Waals surface area contributed by atoms with Gasteiger partial charge in [0.2, 0.25) is 5.91 Å². The van der Waals surface area contributed by atoms with E-state index in [1.54, 1.807) is 27.5 Å². The Balaban J connectivity index is 1.80. The first-order chi connectivity index (χ1) is 17.5. The molecule has 1 fully saturated rings. The van der Waals surface area contributed by atoms with E-state index < -0.39 is 17.4 Å². The Kier molecular flexibility index (Phi) is 6.66.